The molecular formula is C13H9B2N. The van der Waals surface area contributed by atoms with E-state index in [1.54, 1.807) is 0 Å². The van der Waals surface area contributed by atoms with Gasteiger partial charge in [-0.25, -0.2) is 0 Å². The summed E-state index contributed by atoms with van der Waals surface area (Å²) in [5, 5.41) is 2.42. The smallest absolute Gasteiger partial charge is 0.0747 e. The highest BCUT2D eigenvalue weighted by molar-refractivity contribution is 6.43. The van der Waals surface area contributed by atoms with E-state index >= 15 is 0 Å². The largest absolute Gasteiger partial charge is 0.355 e. The van der Waals surface area contributed by atoms with Crippen LogP contribution in [0.15, 0.2) is 48.5 Å². The summed E-state index contributed by atoms with van der Waals surface area (Å²) in [6.45, 7) is 0. The Morgan fingerprint density at radius 1 is 0.750 bits per heavy atom. The molecule has 1 aliphatic rings. The molecule has 1 nitrogen and oxygen atoms in total. The third-order valence-electron chi connectivity index (χ3n) is 3.01. The van der Waals surface area contributed by atoms with Gasteiger partial charge in [-0.2, -0.15) is 0 Å². The standard InChI is InChI=1S/C13H9B2N/c14-13(15)9-5-1-3-7-11(9)16-12-8-4-2-6-10(12)13/h1-8,16H. The molecule has 0 fully saturated rings. The quantitative estimate of drug-likeness (QED) is 0.644. The summed E-state index contributed by atoms with van der Waals surface area (Å²) < 4.78 is 0. The number of fused-ring (bicyclic) bond motifs is 2. The lowest BCUT2D eigenvalue weighted by Crippen LogP contribution is -2.33. The monoisotopic (exact) mass is 201 g/mol. The number of benzene rings is 2. The molecule has 0 bridgehead atoms. The molecule has 1 N–H and O–H groups in total. The van der Waals surface area contributed by atoms with E-state index in [9.17, 15) is 0 Å². The Morgan fingerprint density at radius 2 is 1.19 bits per heavy atom. The Balaban J connectivity index is 2.28. The van der Waals surface area contributed by atoms with Gasteiger partial charge < -0.3 is 5.32 Å². The summed E-state index contributed by atoms with van der Waals surface area (Å²) in [5.74, 6) is 0. The molecule has 0 saturated carbocycles. The Kier molecular flexibility index (Phi) is 1.90. The molecule has 1 aliphatic heterocycles. The maximum absolute atomic E-state index is 6.24. The van der Waals surface area contributed by atoms with Crippen molar-refractivity contribution in [2.75, 3.05) is 5.32 Å². The molecular weight excluding hydrogens is 192 g/mol. The van der Waals surface area contributed by atoms with Gasteiger partial charge in [-0.15, -0.1) is 0 Å². The first-order valence-corrected chi connectivity index (χ1v) is 5.23. The topological polar surface area (TPSA) is 12.0 Å². The molecule has 16 heavy (non-hydrogen) atoms. The number of hydrogen-bond donors (Lipinski definition) is 1. The summed E-state index contributed by atoms with van der Waals surface area (Å²) in [7, 11) is 12.5. The van der Waals surface area contributed by atoms with Gasteiger partial charge in [-0.3, -0.25) is 0 Å². The summed E-state index contributed by atoms with van der Waals surface area (Å²) in [5.41, 5.74) is 3.81. The van der Waals surface area contributed by atoms with Crippen LogP contribution in [0.3, 0.4) is 0 Å². The van der Waals surface area contributed by atoms with Crippen molar-refractivity contribution in [1.29, 1.82) is 0 Å². The van der Waals surface area contributed by atoms with Crippen LogP contribution in [-0.4, -0.2) is 15.7 Å². The van der Waals surface area contributed by atoms with Gasteiger partial charge in [0.15, 0.2) is 0 Å². The fraction of sp³-hybridized carbons (Fsp3) is 0.0769. The number of nitrogens with one attached hydrogen (secondary N) is 1. The van der Waals surface area contributed by atoms with Crippen molar-refractivity contribution in [2.24, 2.45) is 0 Å². The van der Waals surface area contributed by atoms with E-state index in [-0.39, 0.29) is 0 Å². The highest BCUT2D eigenvalue weighted by Gasteiger charge is 2.30. The number of rotatable bonds is 0. The zero-order chi connectivity index (χ0) is 11.2. The Labute approximate surface area is 97.7 Å². The van der Waals surface area contributed by atoms with Crippen LogP contribution in [0.4, 0.5) is 11.4 Å². The number of anilines is 2. The van der Waals surface area contributed by atoms with Crippen LogP contribution in [-0.2, 0) is 5.21 Å². The molecule has 1 heterocycles. The van der Waals surface area contributed by atoms with Gasteiger partial charge in [0.05, 0.1) is 15.7 Å². The van der Waals surface area contributed by atoms with Crippen molar-refractivity contribution < 1.29 is 0 Å². The molecule has 0 saturated heterocycles. The summed E-state index contributed by atoms with van der Waals surface area (Å²) in [6, 6.07) is 15.7. The van der Waals surface area contributed by atoms with Gasteiger partial charge in [-0.1, -0.05) is 36.4 Å². The van der Waals surface area contributed by atoms with Crippen LogP contribution >= 0.6 is 0 Å². The molecule has 2 aromatic carbocycles. The minimum Gasteiger partial charge on any atom is -0.355 e. The van der Waals surface area contributed by atoms with Gasteiger partial charge in [0.25, 0.3) is 0 Å². The van der Waals surface area contributed by atoms with Crippen LogP contribution in [0, 0.1) is 0 Å². The van der Waals surface area contributed by atoms with Crippen LogP contribution in [0.1, 0.15) is 11.1 Å². The Bertz CT molecular complexity index is 502. The molecule has 4 radical (unpaired) electrons. The van der Waals surface area contributed by atoms with E-state index in [1.807, 2.05) is 48.5 Å². The second-order valence-corrected chi connectivity index (χ2v) is 4.09. The second kappa shape index (κ2) is 3.18. The zero-order valence-corrected chi connectivity index (χ0v) is 8.77. The maximum atomic E-state index is 6.24. The molecule has 2 aromatic rings. The first-order chi connectivity index (χ1) is 7.69. The average molecular weight is 201 g/mol. The molecule has 0 spiro atoms. The highest BCUT2D eigenvalue weighted by atomic mass is 14.9. The van der Waals surface area contributed by atoms with Crippen LogP contribution in [0.2, 0.25) is 0 Å². The lowest BCUT2D eigenvalue weighted by Gasteiger charge is -2.36. The summed E-state index contributed by atoms with van der Waals surface area (Å²) in [6.07, 6.45) is 0. The Hall–Kier alpha value is -1.63. The molecule has 3 heteroatoms. The van der Waals surface area contributed by atoms with Crippen molar-refractivity contribution in [2.45, 2.75) is 5.21 Å². The maximum Gasteiger partial charge on any atom is 0.0747 e. The SMILES string of the molecule is [B]C1([B])c2ccccc2Nc2ccccc21. The number of para-hydroxylation sites is 2. The number of hydrogen-bond acceptors (Lipinski definition) is 1. The lowest BCUT2D eigenvalue weighted by atomic mass is 9.46. The minimum absolute atomic E-state index is 0.918. The molecule has 72 valence electrons. The third-order valence-corrected chi connectivity index (χ3v) is 3.01. The highest BCUT2D eigenvalue weighted by Crippen LogP contribution is 2.41. The molecule has 0 amide bonds. The predicted octanol–water partition coefficient (Wildman–Crippen LogP) is 2.28. The van der Waals surface area contributed by atoms with Crippen molar-refractivity contribution in [3.05, 3.63) is 59.7 Å². The van der Waals surface area contributed by atoms with E-state index < -0.39 is 5.21 Å². The van der Waals surface area contributed by atoms with Crippen LogP contribution in [0.25, 0.3) is 0 Å². The van der Waals surface area contributed by atoms with Crippen molar-refractivity contribution in [1.82, 2.24) is 0 Å². The van der Waals surface area contributed by atoms with Gasteiger partial charge >= 0.3 is 0 Å². The lowest BCUT2D eigenvalue weighted by molar-refractivity contribution is 1.02. The molecule has 0 aliphatic carbocycles. The summed E-state index contributed by atoms with van der Waals surface area (Å²) >= 11 is 0. The molecule has 0 aromatic heterocycles. The predicted molar refractivity (Wildman–Crippen MR) is 68.5 cm³/mol. The minimum atomic E-state index is -0.918. The van der Waals surface area contributed by atoms with Crippen molar-refractivity contribution in [3.8, 4) is 0 Å². The van der Waals surface area contributed by atoms with E-state index in [0.717, 1.165) is 22.5 Å². The fourth-order valence-electron chi connectivity index (χ4n) is 2.20. The second-order valence-electron chi connectivity index (χ2n) is 4.09. The van der Waals surface area contributed by atoms with Crippen molar-refractivity contribution in [3.63, 3.8) is 0 Å². The fourth-order valence-corrected chi connectivity index (χ4v) is 2.20. The average Bonchev–Trinajstić information content (AvgIpc) is 2.29. The molecule has 0 unspecified atom stereocenters. The van der Waals surface area contributed by atoms with E-state index in [4.69, 9.17) is 15.7 Å². The molecule has 0 atom stereocenters. The van der Waals surface area contributed by atoms with E-state index in [1.165, 1.54) is 0 Å². The summed E-state index contributed by atoms with van der Waals surface area (Å²) in [4.78, 5) is 0. The van der Waals surface area contributed by atoms with Crippen molar-refractivity contribution >= 4 is 27.1 Å². The van der Waals surface area contributed by atoms with Gasteiger partial charge in [0, 0.05) is 11.4 Å². The zero-order valence-electron chi connectivity index (χ0n) is 8.77. The normalized spacial score (nSPS) is 15.8. The van der Waals surface area contributed by atoms with Crippen LogP contribution < -0.4 is 5.32 Å². The third kappa shape index (κ3) is 1.21. The molecule has 3 rings (SSSR count). The van der Waals surface area contributed by atoms with Gasteiger partial charge in [0.2, 0.25) is 0 Å². The van der Waals surface area contributed by atoms with E-state index in [2.05, 4.69) is 5.32 Å². The van der Waals surface area contributed by atoms with Gasteiger partial charge in [-0.05, 0) is 28.5 Å². The van der Waals surface area contributed by atoms with Crippen LogP contribution in [0.5, 0.6) is 0 Å². The van der Waals surface area contributed by atoms with E-state index in [0.29, 0.717) is 0 Å². The van der Waals surface area contributed by atoms with Gasteiger partial charge in [0.1, 0.15) is 0 Å². The first-order valence-electron chi connectivity index (χ1n) is 5.23. The Morgan fingerprint density at radius 3 is 1.69 bits per heavy atom. The first kappa shape index (κ1) is 9.59.